The molecule has 1 saturated heterocycles. The zero-order valence-electron chi connectivity index (χ0n) is 16.2. The average molecular weight is 434 g/mol. The molecule has 7 heteroatoms. The molecule has 2 aliphatic rings. The summed E-state index contributed by atoms with van der Waals surface area (Å²) in [5.41, 5.74) is 1.77. The molecule has 0 spiro atoms. The third-order valence-corrected chi connectivity index (χ3v) is 6.19. The molecular weight excluding hydrogens is 409 g/mol. The van der Waals surface area contributed by atoms with Crippen molar-refractivity contribution in [3.63, 3.8) is 0 Å². The number of benzene rings is 2. The maximum Gasteiger partial charge on any atom is 0.120 e. The van der Waals surface area contributed by atoms with Crippen molar-refractivity contribution in [3.8, 4) is 11.5 Å². The summed E-state index contributed by atoms with van der Waals surface area (Å²) in [6.45, 7) is 3.93. The van der Waals surface area contributed by atoms with Crippen molar-refractivity contribution in [2.24, 2.45) is 4.99 Å². The molecule has 4 rings (SSSR count). The molecule has 2 aromatic rings. The molecule has 0 amide bonds. The highest BCUT2D eigenvalue weighted by Crippen LogP contribution is 2.41. The predicted molar refractivity (Wildman–Crippen MR) is 117 cm³/mol. The molecule has 5 nitrogen and oxygen atoms in total. The molecule has 0 unspecified atom stereocenters. The lowest BCUT2D eigenvalue weighted by molar-refractivity contribution is 0.183. The number of likely N-dealkylation sites (tertiary alicyclic amines) is 1. The Bertz CT molecular complexity index is 884. The first-order chi connectivity index (χ1) is 14.1. The van der Waals surface area contributed by atoms with Gasteiger partial charge in [-0.3, -0.25) is 9.89 Å². The lowest BCUT2D eigenvalue weighted by Gasteiger charge is -2.26. The van der Waals surface area contributed by atoms with Gasteiger partial charge in [-0.2, -0.15) is 0 Å². The van der Waals surface area contributed by atoms with Crippen LogP contribution >= 0.6 is 23.2 Å². The number of halogens is 2. The van der Waals surface area contributed by atoms with E-state index in [2.05, 4.69) is 15.2 Å². The molecule has 2 heterocycles. The molecule has 2 atom stereocenters. The second-order valence-electron chi connectivity index (χ2n) is 7.51. The van der Waals surface area contributed by atoms with Gasteiger partial charge in [0, 0.05) is 16.6 Å². The van der Waals surface area contributed by atoms with Gasteiger partial charge in [0.15, 0.2) is 0 Å². The molecule has 0 aromatic heterocycles. The van der Waals surface area contributed by atoms with Gasteiger partial charge in [-0.1, -0.05) is 41.8 Å². The minimum absolute atomic E-state index is 0.137. The summed E-state index contributed by atoms with van der Waals surface area (Å²) in [5.74, 6) is 0.906. The van der Waals surface area contributed by atoms with Gasteiger partial charge in [0.25, 0.3) is 0 Å². The first kappa shape index (κ1) is 20.3. The smallest absolute Gasteiger partial charge is 0.120 e. The molecular formula is C22H25Cl2N3O2. The Morgan fingerprint density at radius 1 is 1.03 bits per heavy atom. The Morgan fingerprint density at radius 3 is 2.55 bits per heavy atom. The number of rotatable bonds is 6. The van der Waals surface area contributed by atoms with Crippen molar-refractivity contribution < 1.29 is 9.84 Å². The second kappa shape index (κ2) is 9.24. The highest BCUT2D eigenvalue weighted by molar-refractivity contribution is 6.32. The van der Waals surface area contributed by atoms with Crippen LogP contribution in [0.1, 0.15) is 42.5 Å². The fourth-order valence-corrected chi connectivity index (χ4v) is 4.56. The Hall–Kier alpha value is -1.95. The molecule has 0 saturated carbocycles. The average Bonchev–Trinajstić information content (AvgIpc) is 3.18. The Balaban J connectivity index is 1.43. The molecule has 0 radical (unpaired) electrons. The second-order valence-corrected chi connectivity index (χ2v) is 8.32. The van der Waals surface area contributed by atoms with Crippen LogP contribution in [0, 0.1) is 0 Å². The first-order valence-electron chi connectivity index (χ1n) is 10.0. The van der Waals surface area contributed by atoms with Crippen LogP contribution < -0.4 is 10.1 Å². The maximum absolute atomic E-state index is 9.62. The van der Waals surface area contributed by atoms with Crippen molar-refractivity contribution in [1.82, 2.24) is 10.2 Å². The fourth-order valence-electron chi connectivity index (χ4n) is 3.98. The van der Waals surface area contributed by atoms with Gasteiger partial charge >= 0.3 is 0 Å². The van der Waals surface area contributed by atoms with Gasteiger partial charge < -0.3 is 15.2 Å². The van der Waals surface area contributed by atoms with Crippen LogP contribution in [0.5, 0.6) is 11.5 Å². The van der Waals surface area contributed by atoms with Gasteiger partial charge in [0.2, 0.25) is 0 Å². The summed E-state index contributed by atoms with van der Waals surface area (Å²) >= 11 is 12.9. The first-order valence-corrected chi connectivity index (χ1v) is 10.8. The Labute approximate surface area is 181 Å². The van der Waals surface area contributed by atoms with E-state index in [0.717, 1.165) is 36.5 Å². The van der Waals surface area contributed by atoms with E-state index in [4.69, 9.17) is 27.9 Å². The maximum atomic E-state index is 9.62. The summed E-state index contributed by atoms with van der Waals surface area (Å²) in [4.78, 5) is 7.00. The Morgan fingerprint density at radius 2 is 1.79 bits per heavy atom. The molecule has 29 heavy (non-hydrogen) atoms. The minimum Gasteiger partial charge on any atom is -0.508 e. The van der Waals surface area contributed by atoms with Crippen LogP contribution in [0.3, 0.4) is 0 Å². The van der Waals surface area contributed by atoms with E-state index in [9.17, 15) is 5.11 Å². The number of aliphatic imine (C=N–C) groups is 1. The van der Waals surface area contributed by atoms with Gasteiger partial charge in [-0.15, -0.1) is 0 Å². The molecule has 2 aromatic carbocycles. The van der Waals surface area contributed by atoms with E-state index in [-0.39, 0.29) is 17.8 Å². The van der Waals surface area contributed by atoms with Crippen LogP contribution in [0.2, 0.25) is 10.0 Å². The lowest BCUT2D eigenvalue weighted by atomic mass is 9.94. The zero-order valence-corrected chi connectivity index (χ0v) is 17.7. The SMILES string of the molecule is Oc1ccc([C@@H]2NC=N[C@@H]2c2ccc(OCCN3CCCCC3)cc2Cl)c(Cl)c1. The van der Waals surface area contributed by atoms with Crippen molar-refractivity contribution >= 4 is 29.5 Å². The predicted octanol–water partition coefficient (Wildman–Crippen LogP) is 4.98. The number of hydrogen-bond acceptors (Lipinski definition) is 5. The van der Waals surface area contributed by atoms with Crippen molar-refractivity contribution in [1.29, 1.82) is 0 Å². The van der Waals surface area contributed by atoms with Gasteiger partial charge in [0.05, 0.1) is 12.4 Å². The lowest BCUT2D eigenvalue weighted by Crippen LogP contribution is -2.33. The monoisotopic (exact) mass is 433 g/mol. The van der Waals surface area contributed by atoms with Crippen LogP contribution in [0.15, 0.2) is 41.4 Å². The zero-order chi connectivity index (χ0) is 20.2. The van der Waals surface area contributed by atoms with E-state index < -0.39 is 0 Å². The van der Waals surface area contributed by atoms with Crippen LogP contribution in [0.25, 0.3) is 0 Å². The molecule has 2 N–H and O–H groups in total. The highest BCUT2D eigenvalue weighted by Gasteiger charge is 2.30. The summed E-state index contributed by atoms with van der Waals surface area (Å²) in [6.07, 6.45) is 5.58. The standard InChI is InChI=1S/C22H25Cl2N3O2/c23-19-12-15(28)4-6-17(19)21-22(26-14-25-21)18-7-5-16(13-20(18)24)29-11-10-27-8-2-1-3-9-27/h4-7,12-14,21-22,28H,1-3,8-11H2,(H,25,26)/t21-,22+/m0/s1. The largest absolute Gasteiger partial charge is 0.508 e. The van der Waals surface area contributed by atoms with E-state index >= 15 is 0 Å². The summed E-state index contributed by atoms with van der Waals surface area (Å²) in [5, 5.41) is 14.0. The topological polar surface area (TPSA) is 57.1 Å². The minimum atomic E-state index is -0.202. The van der Waals surface area contributed by atoms with Crippen LogP contribution in [0.4, 0.5) is 0 Å². The number of aromatic hydroxyl groups is 1. The van der Waals surface area contributed by atoms with Crippen LogP contribution in [-0.2, 0) is 0 Å². The van der Waals surface area contributed by atoms with Crippen molar-refractivity contribution in [2.45, 2.75) is 31.3 Å². The Kier molecular flexibility index (Phi) is 6.48. The molecule has 2 aliphatic heterocycles. The fraction of sp³-hybridized carbons (Fsp3) is 0.409. The number of hydrogen-bond donors (Lipinski definition) is 2. The van der Waals surface area contributed by atoms with Gasteiger partial charge in [0.1, 0.15) is 24.1 Å². The molecule has 0 aliphatic carbocycles. The van der Waals surface area contributed by atoms with E-state index in [1.807, 2.05) is 24.3 Å². The molecule has 1 fully saturated rings. The highest BCUT2D eigenvalue weighted by atomic mass is 35.5. The number of phenolic OH excluding ortho intramolecular Hbond substituents is 1. The summed E-state index contributed by atoms with van der Waals surface area (Å²) in [7, 11) is 0. The third-order valence-electron chi connectivity index (χ3n) is 5.54. The third kappa shape index (κ3) is 4.80. The summed E-state index contributed by atoms with van der Waals surface area (Å²) < 4.78 is 5.92. The number of nitrogens with zero attached hydrogens (tertiary/aromatic N) is 2. The van der Waals surface area contributed by atoms with E-state index in [1.54, 1.807) is 12.4 Å². The van der Waals surface area contributed by atoms with Crippen LogP contribution in [-0.4, -0.2) is 42.6 Å². The van der Waals surface area contributed by atoms with Gasteiger partial charge in [-0.25, -0.2) is 0 Å². The van der Waals surface area contributed by atoms with Crippen molar-refractivity contribution in [2.75, 3.05) is 26.2 Å². The number of phenols is 1. The quantitative estimate of drug-likeness (QED) is 0.674. The van der Waals surface area contributed by atoms with E-state index in [1.165, 1.54) is 25.3 Å². The normalized spacial score (nSPS) is 21.9. The molecule has 0 bridgehead atoms. The van der Waals surface area contributed by atoms with Crippen molar-refractivity contribution in [3.05, 3.63) is 57.6 Å². The number of piperidine rings is 1. The molecule has 154 valence electrons. The summed E-state index contributed by atoms with van der Waals surface area (Å²) in [6, 6.07) is 10.4. The van der Waals surface area contributed by atoms with Gasteiger partial charge in [-0.05, 0) is 61.3 Å². The number of ether oxygens (including phenoxy) is 1. The van der Waals surface area contributed by atoms with E-state index in [0.29, 0.717) is 16.7 Å². The number of nitrogens with one attached hydrogen (secondary N) is 1.